The Morgan fingerprint density at radius 1 is 1.08 bits per heavy atom. The minimum Gasteiger partial charge on any atom is -0.454 e. The zero-order valence-corrected chi connectivity index (χ0v) is 16.1. The van der Waals surface area contributed by atoms with E-state index >= 15 is 0 Å². The van der Waals surface area contributed by atoms with Crippen LogP contribution in [0.25, 0.3) is 0 Å². The number of hydrogen-bond acceptors (Lipinski definition) is 5. The minimum atomic E-state index is -3.68. The molecule has 0 saturated carbocycles. The van der Waals surface area contributed by atoms with E-state index in [-0.39, 0.29) is 16.2 Å². The highest BCUT2D eigenvalue weighted by molar-refractivity contribution is 7.89. The van der Waals surface area contributed by atoms with Crippen molar-refractivity contribution < 1.29 is 22.7 Å². The van der Waals surface area contributed by atoms with Crippen LogP contribution in [0, 0.1) is 6.92 Å². The Kier molecular flexibility index (Phi) is 6.17. The quantitative estimate of drug-likeness (QED) is 0.555. The number of hydrogen-bond donors (Lipinski definition) is 0. The highest BCUT2D eigenvalue weighted by Crippen LogP contribution is 2.19. The Bertz CT molecular complexity index is 937. The van der Waals surface area contributed by atoms with E-state index in [1.54, 1.807) is 19.1 Å². The summed E-state index contributed by atoms with van der Waals surface area (Å²) in [4.78, 5) is 24.3. The summed E-state index contributed by atoms with van der Waals surface area (Å²) >= 11 is 5.77. The molecule has 138 valence electrons. The van der Waals surface area contributed by atoms with Crippen LogP contribution < -0.4 is 0 Å². The van der Waals surface area contributed by atoms with Crippen molar-refractivity contribution in [3.8, 4) is 0 Å². The highest BCUT2D eigenvalue weighted by Gasteiger charge is 2.21. The van der Waals surface area contributed by atoms with Crippen LogP contribution in [-0.4, -0.2) is 45.2 Å². The van der Waals surface area contributed by atoms with Crippen molar-refractivity contribution in [3.63, 3.8) is 0 Å². The van der Waals surface area contributed by atoms with E-state index in [2.05, 4.69) is 0 Å². The van der Waals surface area contributed by atoms with Gasteiger partial charge in [-0.1, -0.05) is 17.7 Å². The summed E-state index contributed by atoms with van der Waals surface area (Å²) in [5.74, 6) is -1.15. The highest BCUT2D eigenvalue weighted by atomic mass is 35.5. The second-order valence-electron chi connectivity index (χ2n) is 5.77. The second kappa shape index (κ2) is 7.99. The maximum absolute atomic E-state index is 12.3. The van der Waals surface area contributed by atoms with E-state index in [4.69, 9.17) is 16.3 Å². The van der Waals surface area contributed by atoms with Gasteiger partial charge < -0.3 is 4.74 Å². The lowest BCUT2D eigenvalue weighted by Crippen LogP contribution is -2.23. The maximum Gasteiger partial charge on any atom is 0.338 e. The van der Waals surface area contributed by atoms with Gasteiger partial charge in [-0.25, -0.2) is 17.5 Å². The lowest BCUT2D eigenvalue weighted by Gasteiger charge is -2.13. The second-order valence-corrected chi connectivity index (χ2v) is 8.36. The predicted octanol–water partition coefficient (Wildman–Crippen LogP) is 2.94. The van der Waals surface area contributed by atoms with Crippen molar-refractivity contribution in [2.24, 2.45) is 0 Å². The molecule has 0 amide bonds. The minimum absolute atomic E-state index is 0.0240. The number of Topliss-reactive ketones (excluding diaryl/α,β-unsaturated/α-hetero) is 1. The molecule has 6 nitrogen and oxygen atoms in total. The van der Waals surface area contributed by atoms with E-state index in [1.165, 1.54) is 44.4 Å². The Labute approximate surface area is 157 Å². The average Bonchev–Trinajstić information content (AvgIpc) is 2.60. The number of halogens is 1. The van der Waals surface area contributed by atoms with Crippen LogP contribution in [0.1, 0.15) is 26.3 Å². The van der Waals surface area contributed by atoms with Crippen LogP contribution in [-0.2, 0) is 14.8 Å². The number of sulfonamides is 1. The number of rotatable bonds is 6. The molecule has 0 aliphatic heterocycles. The van der Waals surface area contributed by atoms with Crippen LogP contribution in [0.2, 0.25) is 5.02 Å². The third-order valence-corrected chi connectivity index (χ3v) is 5.77. The summed E-state index contributed by atoms with van der Waals surface area (Å²) in [5.41, 5.74) is 1.01. The first-order chi connectivity index (χ1) is 12.1. The topological polar surface area (TPSA) is 80.8 Å². The fourth-order valence-electron chi connectivity index (χ4n) is 2.12. The van der Waals surface area contributed by atoms with E-state index in [0.717, 1.165) is 4.31 Å². The first-order valence-electron chi connectivity index (χ1n) is 7.62. The van der Waals surface area contributed by atoms with Crippen molar-refractivity contribution in [1.29, 1.82) is 0 Å². The van der Waals surface area contributed by atoms with E-state index < -0.39 is 22.6 Å². The molecule has 2 aromatic carbocycles. The molecule has 26 heavy (non-hydrogen) atoms. The van der Waals surface area contributed by atoms with Crippen LogP contribution in [0.15, 0.2) is 47.4 Å². The first kappa shape index (κ1) is 20.1. The standard InChI is InChI=1S/C18H18ClNO5S/c1-12-4-9-15(26(23,24)20(2)3)10-16(12)18(22)25-11-17(21)13-5-7-14(19)8-6-13/h4-10H,11H2,1-3H3. The number of ketones is 1. The van der Waals surface area contributed by atoms with Gasteiger partial charge in [0.15, 0.2) is 12.4 Å². The summed E-state index contributed by atoms with van der Waals surface area (Å²) in [6.45, 7) is 1.20. The maximum atomic E-state index is 12.3. The summed E-state index contributed by atoms with van der Waals surface area (Å²) in [6.07, 6.45) is 0. The van der Waals surface area contributed by atoms with Crippen molar-refractivity contribution in [2.75, 3.05) is 20.7 Å². The fourth-order valence-corrected chi connectivity index (χ4v) is 3.17. The van der Waals surface area contributed by atoms with Gasteiger partial charge >= 0.3 is 5.97 Å². The molecule has 0 aromatic heterocycles. The molecule has 2 rings (SSSR count). The van der Waals surface area contributed by atoms with Gasteiger partial charge in [0.2, 0.25) is 10.0 Å². The molecular weight excluding hydrogens is 378 g/mol. The molecular formula is C18H18ClNO5S. The molecule has 0 fully saturated rings. The van der Waals surface area contributed by atoms with Crippen molar-refractivity contribution in [2.45, 2.75) is 11.8 Å². The van der Waals surface area contributed by atoms with Crippen LogP contribution in [0.4, 0.5) is 0 Å². The zero-order valence-electron chi connectivity index (χ0n) is 14.5. The average molecular weight is 396 g/mol. The van der Waals surface area contributed by atoms with E-state index in [9.17, 15) is 18.0 Å². The molecule has 2 aromatic rings. The van der Waals surface area contributed by atoms with Gasteiger partial charge in [0.25, 0.3) is 0 Å². The number of carbonyl (C=O) groups excluding carboxylic acids is 2. The Morgan fingerprint density at radius 2 is 1.69 bits per heavy atom. The SMILES string of the molecule is Cc1ccc(S(=O)(=O)N(C)C)cc1C(=O)OCC(=O)c1ccc(Cl)cc1. The molecule has 0 aliphatic carbocycles. The van der Waals surface area contributed by atoms with E-state index in [1.807, 2.05) is 0 Å². The summed E-state index contributed by atoms with van der Waals surface area (Å²) in [6, 6.07) is 10.4. The van der Waals surface area contributed by atoms with E-state index in [0.29, 0.717) is 16.1 Å². The Hall–Kier alpha value is -2.22. The molecule has 8 heteroatoms. The lowest BCUT2D eigenvalue weighted by molar-refractivity contribution is 0.0473. The molecule has 0 atom stereocenters. The molecule has 0 saturated heterocycles. The molecule has 0 N–H and O–H groups in total. The van der Waals surface area contributed by atoms with Crippen molar-refractivity contribution >= 4 is 33.4 Å². The normalized spacial score (nSPS) is 11.4. The molecule has 0 aliphatic rings. The van der Waals surface area contributed by atoms with Gasteiger partial charge in [-0.3, -0.25) is 4.79 Å². The monoisotopic (exact) mass is 395 g/mol. The predicted molar refractivity (Wildman–Crippen MR) is 98.1 cm³/mol. The summed E-state index contributed by atoms with van der Waals surface area (Å²) < 4.78 is 30.5. The number of carbonyl (C=O) groups is 2. The van der Waals surface area contributed by atoms with Gasteiger partial charge in [-0.15, -0.1) is 0 Å². The van der Waals surface area contributed by atoms with Crippen molar-refractivity contribution in [3.05, 3.63) is 64.2 Å². The first-order valence-corrected chi connectivity index (χ1v) is 9.44. The van der Waals surface area contributed by atoms with Crippen LogP contribution >= 0.6 is 11.6 Å². The summed E-state index contributed by atoms with van der Waals surface area (Å²) in [5, 5.41) is 0.494. The number of esters is 1. The smallest absolute Gasteiger partial charge is 0.338 e. The van der Waals surface area contributed by atoms with Crippen molar-refractivity contribution in [1.82, 2.24) is 4.31 Å². The van der Waals surface area contributed by atoms with Gasteiger partial charge in [-0.05, 0) is 48.9 Å². The number of benzene rings is 2. The summed E-state index contributed by atoms with van der Waals surface area (Å²) in [7, 11) is -0.880. The third kappa shape index (κ3) is 4.49. The number of nitrogens with zero attached hydrogens (tertiary/aromatic N) is 1. The lowest BCUT2D eigenvalue weighted by atomic mass is 10.1. The molecule has 0 radical (unpaired) electrons. The van der Waals surface area contributed by atoms with Crippen LogP contribution in [0.5, 0.6) is 0 Å². The Morgan fingerprint density at radius 3 is 2.27 bits per heavy atom. The van der Waals surface area contributed by atoms with Gasteiger partial charge in [-0.2, -0.15) is 0 Å². The number of aryl methyl sites for hydroxylation is 1. The van der Waals surface area contributed by atoms with Gasteiger partial charge in [0.05, 0.1) is 10.5 Å². The largest absolute Gasteiger partial charge is 0.454 e. The van der Waals surface area contributed by atoms with Crippen LogP contribution in [0.3, 0.4) is 0 Å². The van der Waals surface area contributed by atoms with Gasteiger partial charge in [0.1, 0.15) is 0 Å². The number of ether oxygens (including phenoxy) is 1. The Balaban J connectivity index is 2.17. The van der Waals surface area contributed by atoms with Gasteiger partial charge in [0, 0.05) is 24.7 Å². The molecule has 0 bridgehead atoms. The zero-order chi connectivity index (χ0) is 19.5. The molecule has 0 heterocycles. The fraction of sp³-hybridized carbons (Fsp3) is 0.222. The molecule has 0 spiro atoms. The third-order valence-electron chi connectivity index (χ3n) is 3.71. The molecule has 0 unspecified atom stereocenters.